The van der Waals surface area contributed by atoms with Crippen molar-refractivity contribution in [3.63, 3.8) is 0 Å². The molecule has 2 aromatic heterocycles. The van der Waals surface area contributed by atoms with E-state index in [1.807, 2.05) is 13.1 Å². The molecule has 5 heteroatoms. The zero-order chi connectivity index (χ0) is 13.9. The normalized spacial score (nSPS) is 21.4. The third-order valence-electron chi connectivity index (χ3n) is 3.76. The van der Waals surface area contributed by atoms with Gasteiger partial charge in [0, 0.05) is 23.7 Å². The molecule has 3 rings (SSSR count). The molecule has 108 valence electrons. The van der Waals surface area contributed by atoms with E-state index < -0.39 is 0 Å². The molecule has 0 aliphatic carbocycles. The number of hydrogen-bond donors (Lipinski definition) is 1. The van der Waals surface area contributed by atoms with Crippen LogP contribution in [0.2, 0.25) is 0 Å². The van der Waals surface area contributed by atoms with Crippen LogP contribution in [0.15, 0.2) is 23.7 Å². The summed E-state index contributed by atoms with van der Waals surface area (Å²) in [5, 5.41) is 12.8. The number of rotatable bonds is 5. The van der Waals surface area contributed by atoms with Crippen molar-refractivity contribution in [3.8, 4) is 9.88 Å². The highest BCUT2D eigenvalue weighted by Crippen LogP contribution is 2.31. The minimum atomic E-state index is -0.205. The van der Waals surface area contributed by atoms with Gasteiger partial charge in [0.25, 0.3) is 0 Å². The number of thiazole rings is 1. The molecule has 1 fully saturated rings. The van der Waals surface area contributed by atoms with E-state index in [9.17, 15) is 5.11 Å². The minimum Gasteiger partial charge on any atom is -0.393 e. The summed E-state index contributed by atoms with van der Waals surface area (Å²) in [5.74, 6) is 0. The molecule has 3 nitrogen and oxygen atoms in total. The first kappa shape index (κ1) is 14.2. The van der Waals surface area contributed by atoms with E-state index in [2.05, 4.69) is 27.4 Å². The molecule has 0 aromatic carbocycles. The number of aliphatic hydroxyl groups is 1. The highest BCUT2D eigenvalue weighted by molar-refractivity contribution is 7.20. The van der Waals surface area contributed by atoms with Crippen LogP contribution in [0, 0.1) is 0 Å². The Kier molecular flexibility index (Phi) is 4.51. The molecule has 0 saturated carbocycles. The van der Waals surface area contributed by atoms with E-state index in [4.69, 9.17) is 0 Å². The van der Waals surface area contributed by atoms with Crippen LogP contribution in [0.25, 0.3) is 9.88 Å². The first-order valence-electron chi connectivity index (χ1n) is 7.13. The predicted molar refractivity (Wildman–Crippen MR) is 85.2 cm³/mol. The zero-order valence-electron chi connectivity index (χ0n) is 11.7. The molecule has 1 aliphatic heterocycles. The van der Waals surface area contributed by atoms with Crippen molar-refractivity contribution >= 4 is 22.7 Å². The topological polar surface area (TPSA) is 36.4 Å². The summed E-state index contributed by atoms with van der Waals surface area (Å²) >= 11 is 3.54. The van der Waals surface area contributed by atoms with Crippen LogP contribution in [0.4, 0.5) is 0 Å². The van der Waals surface area contributed by atoms with Gasteiger partial charge in [-0.2, -0.15) is 0 Å². The average Bonchev–Trinajstić information content (AvgIpc) is 3.11. The Hall–Kier alpha value is -0.750. The molecule has 20 heavy (non-hydrogen) atoms. The summed E-state index contributed by atoms with van der Waals surface area (Å²) in [6, 6.07) is 4.72. The largest absolute Gasteiger partial charge is 0.393 e. The van der Waals surface area contributed by atoms with E-state index in [0.717, 1.165) is 24.5 Å². The zero-order valence-corrected chi connectivity index (χ0v) is 13.3. The van der Waals surface area contributed by atoms with Gasteiger partial charge in [-0.3, -0.25) is 4.90 Å². The van der Waals surface area contributed by atoms with Gasteiger partial charge in [-0.05, 0) is 44.2 Å². The third kappa shape index (κ3) is 3.28. The monoisotopic (exact) mass is 308 g/mol. The number of aliphatic hydroxyl groups excluding tert-OH is 1. The molecule has 1 aliphatic rings. The second kappa shape index (κ2) is 6.35. The highest BCUT2D eigenvalue weighted by Gasteiger charge is 2.26. The summed E-state index contributed by atoms with van der Waals surface area (Å²) in [6.45, 7) is 4.00. The van der Waals surface area contributed by atoms with Gasteiger partial charge in [-0.25, -0.2) is 4.98 Å². The van der Waals surface area contributed by atoms with Crippen molar-refractivity contribution in [3.05, 3.63) is 28.6 Å². The Morgan fingerprint density at radius 3 is 3.20 bits per heavy atom. The lowest BCUT2D eigenvalue weighted by atomic mass is 10.1. The van der Waals surface area contributed by atoms with Gasteiger partial charge in [-0.1, -0.05) is 6.07 Å². The third-order valence-corrected chi connectivity index (χ3v) is 5.78. The molecule has 2 atom stereocenters. The molecule has 1 N–H and O–H groups in total. The molecular formula is C15H20N2OS2. The van der Waals surface area contributed by atoms with E-state index >= 15 is 0 Å². The lowest BCUT2D eigenvalue weighted by Gasteiger charge is -2.24. The van der Waals surface area contributed by atoms with E-state index in [1.165, 1.54) is 22.6 Å². The molecule has 0 radical (unpaired) electrons. The maximum Gasteiger partial charge on any atom is 0.133 e. The fourth-order valence-electron chi connectivity index (χ4n) is 2.86. The summed E-state index contributed by atoms with van der Waals surface area (Å²) in [4.78, 5) is 9.62. The van der Waals surface area contributed by atoms with Crippen LogP contribution in [0.5, 0.6) is 0 Å². The molecule has 2 aromatic rings. The molecule has 0 bridgehead atoms. The van der Waals surface area contributed by atoms with E-state index in [1.54, 1.807) is 22.7 Å². The number of aromatic nitrogens is 1. The molecular weight excluding hydrogens is 288 g/mol. The van der Waals surface area contributed by atoms with Crippen molar-refractivity contribution in [1.29, 1.82) is 0 Å². The Bertz CT molecular complexity index is 536. The average molecular weight is 308 g/mol. The van der Waals surface area contributed by atoms with Crippen LogP contribution < -0.4 is 0 Å². The van der Waals surface area contributed by atoms with E-state index in [0.29, 0.717) is 6.04 Å². The summed E-state index contributed by atoms with van der Waals surface area (Å²) in [5.41, 5.74) is 0. The fraction of sp³-hybridized carbons (Fsp3) is 0.533. The van der Waals surface area contributed by atoms with Crippen molar-refractivity contribution in [2.75, 3.05) is 6.54 Å². The van der Waals surface area contributed by atoms with E-state index in [-0.39, 0.29) is 6.10 Å². The van der Waals surface area contributed by atoms with Crippen molar-refractivity contribution in [1.82, 2.24) is 9.88 Å². The first-order valence-corrected chi connectivity index (χ1v) is 8.82. The number of thiophene rings is 1. The van der Waals surface area contributed by atoms with Gasteiger partial charge in [0.05, 0.1) is 11.0 Å². The smallest absolute Gasteiger partial charge is 0.133 e. The maximum absolute atomic E-state index is 9.59. The van der Waals surface area contributed by atoms with Gasteiger partial charge < -0.3 is 5.11 Å². The Balaban J connectivity index is 1.65. The van der Waals surface area contributed by atoms with Gasteiger partial charge >= 0.3 is 0 Å². The Morgan fingerprint density at radius 2 is 2.45 bits per heavy atom. The van der Waals surface area contributed by atoms with Crippen LogP contribution in [0.1, 0.15) is 31.1 Å². The molecule has 2 unspecified atom stereocenters. The minimum absolute atomic E-state index is 0.205. The van der Waals surface area contributed by atoms with Crippen LogP contribution in [-0.2, 0) is 6.54 Å². The first-order chi connectivity index (χ1) is 9.72. The second-order valence-electron chi connectivity index (χ2n) is 5.46. The molecule has 3 heterocycles. The number of hydrogen-bond acceptors (Lipinski definition) is 5. The van der Waals surface area contributed by atoms with Crippen molar-refractivity contribution in [2.24, 2.45) is 0 Å². The summed E-state index contributed by atoms with van der Waals surface area (Å²) in [7, 11) is 0. The molecule has 0 amide bonds. The van der Waals surface area contributed by atoms with Crippen LogP contribution in [-0.4, -0.2) is 33.7 Å². The second-order valence-corrected chi connectivity index (χ2v) is 7.52. The number of nitrogens with zero attached hydrogens (tertiary/aromatic N) is 2. The van der Waals surface area contributed by atoms with Crippen LogP contribution >= 0.6 is 22.7 Å². The quantitative estimate of drug-likeness (QED) is 0.916. The summed E-state index contributed by atoms with van der Waals surface area (Å²) in [6.07, 6.45) is 5.15. The predicted octanol–water partition coefficient (Wildman–Crippen LogP) is 3.61. The van der Waals surface area contributed by atoms with Gasteiger partial charge in [0.15, 0.2) is 0 Å². The van der Waals surface area contributed by atoms with Crippen molar-refractivity contribution < 1.29 is 5.11 Å². The maximum atomic E-state index is 9.59. The SMILES string of the molecule is CC(O)CC1CCCN1Cc1cnc(-c2cccs2)s1. The molecule has 0 spiro atoms. The molecule has 1 saturated heterocycles. The fourth-order valence-corrected chi connectivity index (χ4v) is 4.60. The number of likely N-dealkylation sites (tertiary alicyclic amines) is 1. The van der Waals surface area contributed by atoms with Gasteiger partial charge in [0.1, 0.15) is 5.01 Å². The summed E-state index contributed by atoms with van der Waals surface area (Å²) < 4.78 is 0. The van der Waals surface area contributed by atoms with Gasteiger partial charge in [-0.15, -0.1) is 22.7 Å². The lowest BCUT2D eigenvalue weighted by Crippen LogP contribution is -2.31. The Morgan fingerprint density at radius 1 is 1.55 bits per heavy atom. The van der Waals surface area contributed by atoms with Crippen molar-refractivity contribution in [2.45, 2.75) is 44.9 Å². The van der Waals surface area contributed by atoms with Crippen LogP contribution in [0.3, 0.4) is 0 Å². The highest BCUT2D eigenvalue weighted by atomic mass is 32.1. The lowest BCUT2D eigenvalue weighted by molar-refractivity contribution is 0.131. The Labute approximate surface area is 127 Å². The van der Waals surface area contributed by atoms with Gasteiger partial charge in [0.2, 0.25) is 0 Å². The standard InChI is InChI=1S/C15H20N2OS2/c1-11(18)8-12-4-2-6-17(12)10-13-9-16-15(20-13)14-5-3-7-19-14/h3,5,7,9,11-12,18H,2,4,6,8,10H2,1H3.